The van der Waals surface area contributed by atoms with Crippen LogP contribution in [0.15, 0.2) is 38.3 Å². The van der Waals surface area contributed by atoms with Gasteiger partial charge in [-0.25, -0.2) is 8.42 Å². The SMILES string of the molecule is O=S(=O)(Nc1ccc(Cl)c(Cl)c1)c1ccc(Br)s1. The van der Waals surface area contributed by atoms with Gasteiger partial charge in [0.25, 0.3) is 10.0 Å². The van der Waals surface area contributed by atoms with Crippen molar-refractivity contribution in [2.24, 2.45) is 0 Å². The Morgan fingerprint density at radius 2 is 1.83 bits per heavy atom. The summed E-state index contributed by atoms with van der Waals surface area (Å²) in [6.07, 6.45) is 0. The van der Waals surface area contributed by atoms with Crippen molar-refractivity contribution < 1.29 is 8.42 Å². The Balaban J connectivity index is 2.30. The summed E-state index contributed by atoms with van der Waals surface area (Å²) in [4.78, 5) is 0. The molecule has 0 aliphatic rings. The number of anilines is 1. The van der Waals surface area contributed by atoms with Crippen LogP contribution in [0.25, 0.3) is 0 Å². The molecule has 0 spiro atoms. The first-order valence-corrected chi connectivity index (χ1v) is 8.46. The van der Waals surface area contributed by atoms with Crippen molar-refractivity contribution >= 4 is 66.2 Å². The second-order valence-corrected chi connectivity index (χ2v) is 8.48. The van der Waals surface area contributed by atoms with Gasteiger partial charge in [-0.2, -0.15) is 0 Å². The summed E-state index contributed by atoms with van der Waals surface area (Å²) in [5.41, 5.74) is 0.369. The smallest absolute Gasteiger partial charge is 0.271 e. The molecule has 1 N–H and O–H groups in total. The van der Waals surface area contributed by atoms with Crippen molar-refractivity contribution in [3.8, 4) is 0 Å². The second kappa shape index (κ2) is 5.38. The molecule has 0 unspecified atom stereocenters. The highest BCUT2D eigenvalue weighted by atomic mass is 79.9. The molecule has 8 heteroatoms. The molecular formula is C10H6BrCl2NO2S2. The van der Waals surface area contributed by atoms with Gasteiger partial charge in [-0.1, -0.05) is 23.2 Å². The summed E-state index contributed by atoms with van der Waals surface area (Å²) in [6, 6.07) is 7.74. The molecule has 1 aromatic carbocycles. The first-order valence-electron chi connectivity index (χ1n) is 4.62. The average Bonchev–Trinajstić information content (AvgIpc) is 2.71. The van der Waals surface area contributed by atoms with Gasteiger partial charge in [0.15, 0.2) is 0 Å². The Kier molecular flexibility index (Phi) is 4.23. The molecule has 3 nitrogen and oxygen atoms in total. The van der Waals surface area contributed by atoms with E-state index in [0.29, 0.717) is 15.7 Å². The maximum atomic E-state index is 12.0. The molecule has 0 aliphatic carbocycles. The van der Waals surface area contributed by atoms with Crippen LogP contribution in [0.2, 0.25) is 10.0 Å². The van der Waals surface area contributed by atoms with E-state index in [2.05, 4.69) is 20.7 Å². The highest BCUT2D eigenvalue weighted by molar-refractivity contribution is 9.11. The molecule has 18 heavy (non-hydrogen) atoms. The number of halogens is 3. The van der Waals surface area contributed by atoms with Crippen molar-refractivity contribution in [3.63, 3.8) is 0 Å². The van der Waals surface area contributed by atoms with Gasteiger partial charge in [0.05, 0.1) is 19.5 Å². The highest BCUT2D eigenvalue weighted by Crippen LogP contribution is 2.29. The standard InChI is InChI=1S/C10H6BrCl2NO2S2/c11-9-3-4-10(17-9)18(15,16)14-6-1-2-7(12)8(13)5-6/h1-5,14H. The molecule has 0 saturated heterocycles. The van der Waals surface area contributed by atoms with E-state index in [-0.39, 0.29) is 4.21 Å². The van der Waals surface area contributed by atoms with Gasteiger partial charge < -0.3 is 0 Å². The van der Waals surface area contributed by atoms with Crippen LogP contribution in [-0.2, 0) is 10.0 Å². The Morgan fingerprint density at radius 1 is 1.11 bits per heavy atom. The lowest BCUT2D eigenvalue weighted by Gasteiger charge is -2.06. The van der Waals surface area contributed by atoms with Crippen LogP contribution in [0.4, 0.5) is 5.69 Å². The van der Waals surface area contributed by atoms with Crippen LogP contribution >= 0.6 is 50.5 Å². The Morgan fingerprint density at radius 3 is 2.39 bits per heavy atom. The van der Waals surface area contributed by atoms with E-state index in [0.717, 1.165) is 15.1 Å². The minimum Gasteiger partial charge on any atom is -0.279 e. The molecule has 0 fully saturated rings. The van der Waals surface area contributed by atoms with Crippen molar-refractivity contribution in [1.82, 2.24) is 0 Å². The third kappa shape index (κ3) is 3.19. The Hall–Kier alpha value is -0.270. The summed E-state index contributed by atoms with van der Waals surface area (Å²) < 4.78 is 27.4. The minimum absolute atomic E-state index is 0.223. The van der Waals surface area contributed by atoms with Crippen molar-refractivity contribution in [2.75, 3.05) is 4.72 Å². The minimum atomic E-state index is -3.59. The van der Waals surface area contributed by atoms with E-state index in [1.54, 1.807) is 12.1 Å². The molecule has 1 aromatic heterocycles. The van der Waals surface area contributed by atoms with Crippen molar-refractivity contribution in [3.05, 3.63) is 44.2 Å². The largest absolute Gasteiger partial charge is 0.279 e. The number of sulfonamides is 1. The summed E-state index contributed by atoms with van der Waals surface area (Å²) >= 11 is 15.9. The molecule has 0 saturated carbocycles. The van der Waals surface area contributed by atoms with E-state index in [1.165, 1.54) is 18.2 Å². The van der Waals surface area contributed by atoms with Crippen LogP contribution in [0, 0.1) is 0 Å². The van der Waals surface area contributed by atoms with E-state index < -0.39 is 10.0 Å². The molecule has 0 atom stereocenters. The number of rotatable bonds is 3. The summed E-state index contributed by atoms with van der Waals surface area (Å²) in [5, 5.41) is 0.669. The normalized spacial score (nSPS) is 11.5. The molecule has 0 radical (unpaired) electrons. The molecule has 0 amide bonds. The summed E-state index contributed by atoms with van der Waals surface area (Å²) in [6.45, 7) is 0. The average molecular weight is 387 g/mol. The fourth-order valence-electron chi connectivity index (χ4n) is 1.21. The molecule has 1 heterocycles. The number of benzene rings is 1. The summed E-state index contributed by atoms with van der Waals surface area (Å²) in [5.74, 6) is 0. The van der Waals surface area contributed by atoms with Crippen LogP contribution in [0.1, 0.15) is 0 Å². The van der Waals surface area contributed by atoms with Crippen LogP contribution in [0.5, 0.6) is 0 Å². The maximum Gasteiger partial charge on any atom is 0.271 e. The molecule has 2 rings (SSSR count). The van der Waals surface area contributed by atoms with Gasteiger partial charge in [0.1, 0.15) is 4.21 Å². The van der Waals surface area contributed by atoms with Gasteiger partial charge in [-0.05, 0) is 46.3 Å². The molecule has 2 aromatic rings. The van der Waals surface area contributed by atoms with Crippen LogP contribution in [0.3, 0.4) is 0 Å². The predicted molar refractivity (Wildman–Crippen MR) is 79.3 cm³/mol. The second-order valence-electron chi connectivity index (χ2n) is 3.29. The molecule has 0 aliphatic heterocycles. The maximum absolute atomic E-state index is 12.0. The molecular weight excluding hydrogens is 381 g/mol. The van der Waals surface area contributed by atoms with Crippen LogP contribution < -0.4 is 4.72 Å². The number of hydrogen-bond donors (Lipinski definition) is 1. The highest BCUT2D eigenvalue weighted by Gasteiger charge is 2.16. The van der Waals surface area contributed by atoms with E-state index in [4.69, 9.17) is 23.2 Å². The first-order chi connectivity index (χ1) is 8.38. The monoisotopic (exact) mass is 385 g/mol. The van der Waals surface area contributed by atoms with Gasteiger partial charge in [0.2, 0.25) is 0 Å². The quantitative estimate of drug-likeness (QED) is 0.836. The fourth-order valence-corrected chi connectivity index (χ4v) is 4.56. The third-order valence-electron chi connectivity index (χ3n) is 1.99. The lowest BCUT2D eigenvalue weighted by Crippen LogP contribution is -2.11. The zero-order chi connectivity index (χ0) is 13.3. The predicted octanol–water partition coefficient (Wildman–Crippen LogP) is 4.62. The van der Waals surface area contributed by atoms with E-state index in [1.807, 2.05) is 0 Å². The number of nitrogens with one attached hydrogen (secondary N) is 1. The fraction of sp³-hybridized carbons (Fsp3) is 0. The lowest BCUT2D eigenvalue weighted by molar-refractivity contribution is 0.603. The van der Waals surface area contributed by atoms with Gasteiger partial charge in [0, 0.05) is 0 Å². The lowest BCUT2D eigenvalue weighted by atomic mass is 10.3. The Labute approximate surface area is 127 Å². The van der Waals surface area contributed by atoms with E-state index >= 15 is 0 Å². The van der Waals surface area contributed by atoms with Gasteiger partial charge in [-0.15, -0.1) is 11.3 Å². The van der Waals surface area contributed by atoms with Crippen molar-refractivity contribution in [1.29, 1.82) is 0 Å². The summed E-state index contributed by atoms with van der Waals surface area (Å²) in [7, 11) is -3.59. The molecule has 0 bridgehead atoms. The van der Waals surface area contributed by atoms with Crippen LogP contribution in [-0.4, -0.2) is 8.42 Å². The zero-order valence-corrected chi connectivity index (χ0v) is 13.4. The van der Waals surface area contributed by atoms with Gasteiger partial charge in [-0.3, -0.25) is 4.72 Å². The number of thiophene rings is 1. The number of hydrogen-bond acceptors (Lipinski definition) is 3. The zero-order valence-electron chi connectivity index (χ0n) is 8.65. The van der Waals surface area contributed by atoms with Crippen molar-refractivity contribution in [2.45, 2.75) is 4.21 Å². The van der Waals surface area contributed by atoms with E-state index in [9.17, 15) is 8.42 Å². The topological polar surface area (TPSA) is 46.2 Å². The third-order valence-corrected chi connectivity index (χ3v) is 6.22. The Bertz CT molecular complexity index is 685. The first kappa shape index (κ1) is 14.1. The molecule has 96 valence electrons. The van der Waals surface area contributed by atoms with Gasteiger partial charge >= 0.3 is 0 Å².